The van der Waals surface area contributed by atoms with Gasteiger partial charge in [-0.05, 0) is 83.6 Å². The van der Waals surface area contributed by atoms with Gasteiger partial charge in [0.2, 0.25) is 11.8 Å². The highest BCUT2D eigenvalue weighted by Crippen LogP contribution is 2.27. The zero-order valence-corrected chi connectivity index (χ0v) is 24.5. The van der Waals surface area contributed by atoms with Gasteiger partial charge in [-0.2, -0.15) is 11.8 Å². The van der Waals surface area contributed by atoms with Crippen molar-refractivity contribution in [3.63, 3.8) is 0 Å². The molecule has 0 aliphatic rings. The molecule has 37 heavy (non-hydrogen) atoms. The van der Waals surface area contributed by atoms with Gasteiger partial charge in [-0.25, -0.2) is 4.79 Å². The van der Waals surface area contributed by atoms with Crippen LogP contribution in [0.4, 0.5) is 4.79 Å². The molecular formula is C29H45N3O4S. The average molecular weight is 532 g/mol. The molecule has 3 amide bonds. The predicted molar refractivity (Wildman–Crippen MR) is 152 cm³/mol. The summed E-state index contributed by atoms with van der Waals surface area (Å²) in [5.74, 6) is 2.67. The number of nitrogens with zero attached hydrogens (tertiary/aromatic N) is 1. The summed E-state index contributed by atoms with van der Waals surface area (Å²) >= 11 is 1.58. The summed E-state index contributed by atoms with van der Waals surface area (Å²) < 4.78 is 5.44. The van der Waals surface area contributed by atoms with Gasteiger partial charge >= 0.3 is 6.09 Å². The van der Waals surface area contributed by atoms with E-state index >= 15 is 0 Å². The number of ether oxygens (including phenoxy) is 1. The van der Waals surface area contributed by atoms with Crippen molar-refractivity contribution < 1.29 is 19.1 Å². The molecule has 0 bridgehead atoms. The maximum Gasteiger partial charge on any atom is 0.408 e. The first-order chi connectivity index (χ1) is 17.4. The Morgan fingerprint density at radius 2 is 1.70 bits per heavy atom. The lowest BCUT2D eigenvalue weighted by Crippen LogP contribution is -2.56. The summed E-state index contributed by atoms with van der Waals surface area (Å²) in [4.78, 5) is 42.1. The van der Waals surface area contributed by atoms with Crippen molar-refractivity contribution in [3.05, 3.63) is 35.4 Å². The van der Waals surface area contributed by atoms with E-state index < -0.39 is 23.8 Å². The standard InChI is InChI=1S/C29H45N3O4S/c1-10-13-20(4)30-26(33)25(23-16-14-22(12-3)15-17-23)32(21(5)11-2)27(34)24(18-19-37-9)31-28(35)36-29(6,7)8/h3,14-17,20-21,24-25H,10-11,13,18-19H2,1-2,4-9H3,(H,30,33)(H,31,35). The van der Waals surface area contributed by atoms with Crippen molar-refractivity contribution in [1.82, 2.24) is 15.5 Å². The third kappa shape index (κ3) is 10.7. The number of nitrogens with one attached hydrogen (secondary N) is 2. The first kappa shape index (κ1) is 32.4. The van der Waals surface area contributed by atoms with Gasteiger partial charge in [0, 0.05) is 17.6 Å². The zero-order valence-electron chi connectivity index (χ0n) is 23.7. The molecule has 0 spiro atoms. The zero-order chi connectivity index (χ0) is 28.2. The van der Waals surface area contributed by atoms with Crippen LogP contribution < -0.4 is 10.6 Å². The second kappa shape index (κ2) is 15.6. The molecule has 7 nitrogen and oxygen atoms in total. The van der Waals surface area contributed by atoms with E-state index in [1.165, 1.54) is 0 Å². The molecule has 206 valence electrons. The molecule has 1 aromatic carbocycles. The highest BCUT2D eigenvalue weighted by atomic mass is 32.2. The Balaban J connectivity index is 3.53. The van der Waals surface area contributed by atoms with Crippen molar-refractivity contribution in [2.45, 2.75) is 104 Å². The van der Waals surface area contributed by atoms with Gasteiger partial charge < -0.3 is 20.3 Å². The normalized spacial score (nSPS) is 14.5. The minimum absolute atomic E-state index is 0.0500. The van der Waals surface area contributed by atoms with E-state index in [4.69, 9.17) is 11.2 Å². The Bertz CT molecular complexity index is 921. The molecule has 0 saturated carbocycles. The Kier molecular flexibility index (Phi) is 13.6. The molecule has 0 radical (unpaired) electrons. The van der Waals surface area contributed by atoms with Gasteiger partial charge in [-0.1, -0.05) is 38.3 Å². The first-order valence-electron chi connectivity index (χ1n) is 13.1. The van der Waals surface area contributed by atoms with E-state index in [2.05, 4.69) is 23.5 Å². The lowest BCUT2D eigenvalue weighted by molar-refractivity contribution is -0.145. The molecule has 4 unspecified atom stereocenters. The Labute approximate surface area is 227 Å². The molecule has 2 N–H and O–H groups in total. The van der Waals surface area contributed by atoms with Crippen LogP contribution in [0.5, 0.6) is 0 Å². The van der Waals surface area contributed by atoms with Gasteiger partial charge in [-0.15, -0.1) is 6.42 Å². The number of benzene rings is 1. The van der Waals surface area contributed by atoms with Crippen LogP contribution in [0.25, 0.3) is 0 Å². The average Bonchev–Trinajstić information content (AvgIpc) is 2.83. The summed E-state index contributed by atoms with van der Waals surface area (Å²) in [6.45, 7) is 13.2. The summed E-state index contributed by atoms with van der Waals surface area (Å²) in [7, 11) is 0. The predicted octanol–water partition coefficient (Wildman–Crippen LogP) is 5.29. The number of thioether (sulfide) groups is 1. The molecule has 0 heterocycles. The lowest BCUT2D eigenvalue weighted by atomic mass is 9.98. The fourth-order valence-corrected chi connectivity index (χ4v) is 4.42. The molecule has 1 aromatic rings. The summed E-state index contributed by atoms with van der Waals surface area (Å²) in [5, 5.41) is 5.86. The quantitative estimate of drug-likeness (QED) is 0.338. The van der Waals surface area contributed by atoms with E-state index in [-0.39, 0.29) is 23.9 Å². The van der Waals surface area contributed by atoms with Crippen LogP contribution in [-0.4, -0.2) is 58.5 Å². The van der Waals surface area contributed by atoms with Crippen molar-refractivity contribution in [2.24, 2.45) is 0 Å². The van der Waals surface area contributed by atoms with Crippen LogP contribution in [0, 0.1) is 12.3 Å². The maximum atomic E-state index is 14.1. The summed E-state index contributed by atoms with van der Waals surface area (Å²) in [5.41, 5.74) is 0.646. The number of alkyl carbamates (subject to hydrolysis) is 1. The van der Waals surface area contributed by atoms with E-state index in [0.29, 0.717) is 29.7 Å². The SMILES string of the molecule is C#Cc1ccc(C(C(=O)NC(C)CCC)N(C(=O)C(CCSC)NC(=O)OC(C)(C)C)C(C)CC)cc1. The first-order valence-corrected chi connectivity index (χ1v) is 14.4. The molecule has 8 heteroatoms. The number of carbonyl (C=O) groups excluding carboxylic acids is 3. The number of hydrogen-bond donors (Lipinski definition) is 2. The molecule has 0 aliphatic heterocycles. The smallest absolute Gasteiger partial charge is 0.408 e. The van der Waals surface area contributed by atoms with Crippen LogP contribution >= 0.6 is 11.8 Å². The highest BCUT2D eigenvalue weighted by molar-refractivity contribution is 7.98. The Morgan fingerprint density at radius 1 is 1.08 bits per heavy atom. The van der Waals surface area contributed by atoms with Crippen molar-refractivity contribution >= 4 is 29.7 Å². The maximum absolute atomic E-state index is 14.1. The van der Waals surface area contributed by atoms with E-state index in [0.717, 1.165) is 12.8 Å². The molecule has 0 fully saturated rings. The molecule has 0 aliphatic carbocycles. The third-order valence-electron chi connectivity index (χ3n) is 5.95. The number of rotatable bonds is 13. The Morgan fingerprint density at radius 3 is 2.19 bits per heavy atom. The van der Waals surface area contributed by atoms with Gasteiger partial charge in [-0.3, -0.25) is 9.59 Å². The molecule has 1 rings (SSSR count). The largest absolute Gasteiger partial charge is 0.444 e. The molecule has 0 aromatic heterocycles. The van der Waals surface area contributed by atoms with Crippen LogP contribution in [0.2, 0.25) is 0 Å². The van der Waals surface area contributed by atoms with Crippen LogP contribution in [0.1, 0.15) is 91.3 Å². The van der Waals surface area contributed by atoms with Gasteiger partial charge in [0.25, 0.3) is 0 Å². The van der Waals surface area contributed by atoms with Gasteiger partial charge in [0.1, 0.15) is 17.7 Å². The summed E-state index contributed by atoms with van der Waals surface area (Å²) in [6.07, 6.45) is 9.61. The fraction of sp³-hybridized carbons (Fsp3) is 0.621. The summed E-state index contributed by atoms with van der Waals surface area (Å²) in [6, 6.07) is 5.09. The van der Waals surface area contributed by atoms with Crippen LogP contribution in [0.3, 0.4) is 0 Å². The van der Waals surface area contributed by atoms with E-state index in [1.807, 2.05) is 27.0 Å². The fourth-order valence-electron chi connectivity index (χ4n) is 3.95. The third-order valence-corrected chi connectivity index (χ3v) is 6.59. The van der Waals surface area contributed by atoms with E-state index in [1.54, 1.807) is 61.7 Å². The molecule has 0 saturated heterocycles. The lowest BCUT2D eigenvalue weighted by Gasteiger charge is -2.38. The van der Waals surface area contributed by atoms with Crippen LogP contribution in [-0.2, 0) is 14.3 Å². The van der Waals surface area contributed by atoms with Crippen LogP contribution in [0.15, 0.2) is 24.3 Å². The van der Waals surface area contributed by atoms with Crippen molar-refractivity contribution in [2.75, 3.05) is 12.0 Å². The minimum atomic E-state index is -0.884. The minimum Gasteiger partial charge on any atom is -0.444 e. The van der Waals surface area contributed by atoms with Crippen molar-refractivity contribution in [3.8, 4) is 12.3 Å². The highest BCUT2D eigenvalue weighted by Gasteiger charge is 2.38. The molecule has 4 atom stereocenters. The molecular weight excluding hydrogens is 486 g/mol. The van der Waals surface area contributed by atoms with Gasteiger partial charge in [0.05, 0.1) is 0 Å². The number of amides is 3. The second-order valence-corrected chi connectivity index (χ2v) is 11.3. The number of carbonyl (C=O) groups is 3. The monoisotopic (exact) mass is 531 g/mol. The Hall–Kier alpha value is -2.66. The second-order valence-electron chi connectivity index (χ2n) is 10.4. The number of terminal acetylenes is 1. The van der Waals surface area contributed by atoms with Gasteiger partial charge in [0.15, 0.2) is 0 Å². The van der Waals surface area contributed by atoms with Crippen molar-refractivity contribution in [1.29, 1.82) is 0 Å². The topological polar surface area (TPSA) is 87.7 Å². The van der Waals surface area contributed by atoms with E-state index in [9.17, 15) is 14.4 Å². The number of hydrogen-bond acceptors (Lipinski definition) is 5.